The summed E-state index contributed by atoms with van der Waals surface area (Å²) >= 11 is 0. The molecule has 0 rings (SSSR count). The van der Waals surface area contributed by atoms with E-state index in [9.17, 15) is 0 Å². The zero-order valence-corrected chi connectivity index (χ0v) is 17.2. The smallest absolute Gasteiger partial charge is 0.0535 e. The number of halogens is 1. The van der Waals surface area contributed by atoms with Crippen LogP contribution in [0.1, 0.15) is 105 Å². The molecule has 0 fully saturated rings. The van der Waals surface area contributed by atoms with Crippen LogP contribution in [-0.4, -0.2) is 8.07 Å². The number of rotatable bonds is 16. The first kappa shape index (κ1) is 24.4. The van der Waals surface area contributed by atoms with E-state index in [0.717, 1.165) is 0 Å². The molecule has 0 aromatic carbocycles. The van der Waals surface area contributed by atoms with Gasteiger partial charge < -0.3 is 0 Å². The largest absolute Gasteiger partial charge is 0.269 e. The maximum atomic E-state index is 2.36. The molecule has 0 saturated carbocycles. The summed E-state index contributed by atoms with van der Waals surface area (Å²) in [7, 11) is -0.944. The lowest BCUT2D eigenvalue weighted by Crippen LogP contribution is -2.33. The summed E-state index contributed by atoms with van der Waals surface area (Å²) in [6.07, 6.45) is 17.6. The molecule has 22 heavy (non-hydrogen) atoms. The Morgan fingerprint density at radius 1 is 0.409 bits per heavy atom. The summed E-state index contributed by atoms with van der Waals surface area (Å²) in [6.45, 7) is 9.42. The molecule has 0 spiro atoms. The molecule has 2 heteroatoms. The zero-order chi connectivity index (χ0) is 15.8. The first-order valence-corrected chi connectivity index (χ1v) is 13.1. The fourth-order valence-corrected chi connectivity index (χ4v) is 9.25. The number of hydrogen-bond acceptors (Lipinski definition) is 0. The SMILES string of the molecule is CCCCC[Si](CCCCC)(CCCCC)CCCCC.F. The van der Waals surface area contributed by atoms with E-state index < -0.39 is 8.07 Å². The average Bonchev–Trinajstić information content (AvgIpc) is 2.48. The van der Waals surface area contributed by atoms with E-state index >= 15 is 0 Å². The zero-order valence-electron chi connectivity index (χ0n) is 16.2. The van der Waals surface area contributed by atoms with E-state index in [1.807, 2.05) is 0 Å². The van der Waals surface area contributed by atoms with Crippen LogP contribution in [0, 0.1) is 0 Å². The van der Waals surface area contributed by atoms with Crippen LogP contribution in [0.3, 0.4) is 0 Å². The van der Waals surface area contributed by atoms with Crippen LogP contribution in [0.4, 0.5) is 4.70 Å². The molecule has 0 unspecified atom stereocenters. The predicted octanol–water partition coefficient (Wildman–Crippen LogP) is 8.35. The summed E-state index contributed by atoms with van der Waals surface area (Å²) in [5.41, 5.74) is 0. The molecule has 0 radical (unpaired) electrons. The van der Waals surface area contributed by atoms with Gasteiger partial charge in [0, 0.05) is 0 Å². The monoisotopic (exact) mass is 332 g/mol. The van der Waals surface area contributed by atoms with Crippen LogP contribution in [-0.2, 0) is 0 Å². The summed E-state index contributed by atoms with van der Waals surface area (Å²) in [6, 6.07) is 6.60. The van der Waals surface area contributed by atoms with E-state index in [1.54, 1.807) is 24.2 Å². The Bertz CT molecular complexity index is 160. The molecule has 0 saturated heterocycles. The third-order valence-electron chi connectivity index (χ3n) is 5.24. The van der Waals surface area contributed by atoms with E-state index in [0.29, 0.717) is 0 Å². The molecule has 0 N–H and O–H groups in total. The predicted molar refractivity (Wildman–Crippen MR) is 106 cm³/mol. The third-order valence-corrected chi connectivity index (χ3v) is 10.9. The van der Waals surface area contributed by atoms with Gasteiger partial charge in [0.2, 0.25) is 0 Å². The highest BCUT2D eigenvalue weighted by Gasteiger charge is 2.30. The minimum absolute atomic E-state index is 0. The van der Waals surface area contributed by atoms with Gasteiger partial charge in [0.1, 0.15) is 0 Å². The average molecular weight is 333 g/mol. The van der Waals surface area contributed by atoms with Gasteiger partial charge in [0.15, 0.2) is 0 Å². The Hall–Kier alpha value is 0.147. The highest BCUT2D eigenvalue weighted by molar-refractivity contribution is 6.79. The first-order valence-electron chi connectivity index (χ1n) is 10.2. The fraction of sp³-hybridized carbons (Fsp3) is 1.00. The second kappa shape index (κ2) is 17.5. The molecular weight excluding hydrogens is 287 g/mol. The molecule has 0 atom stereocenters. The Morgan fingerprint density at radius 2 is 0.636 bits per heavy atom. The van der Waals surface area contributed by atoms with Gasteiger partial charge in [-0.25, -0.2) is 0 Å². The van der Waals surface area contributed by atoms with Crippen molar-refractivity contribution in [3.63, 3.8) is 0 Å². The highest BCUT2D eigenvalue weighted by atomic mass is 28.3. The van der Waals surface area contributed by atoms with Gasteiger partial charge in [-0.3, -0.25) is 4.70 Å². The summed E-state index contributed by atoms with van der Waals surface area (Å²) in [5, 5.41) is 0. The van der Waals surface area contributed by atoms with Crippen LogP contribution in [0.5, 0.6) is 0 Å². The molecule has 0 aliphatic rings. The van der Waals surface area contributed by atoms with Crippen LogP contribution >= 0.6 is 0 Å². The van der Waals surface area contributed by atoms with Gasteiger partial charge in [-0.1, -0.05) is 129 Å². The standard InChI is InChI=1S/C20H44Si.FH/c1-5-9-13-17-21(18-14-10-6-2,19-15-11-7-3)20-16-12-8-4;/h5-20H2,1-4H3;1H. The Kier molecular flexibility index (Phi) is 19.4. The summed E-state index contributed by atoms with van der Waals surface area (Å²) in [4.78, 5) is 0. The van der Waals surface area contributed by atoms with Gasteiger partial charge >= 0.3 is 0 Å². The Morgan fingerprint density at radius 3 is 0.818 bits per heavy atom. The van der Waals surface area contributed by atoms with E-state index in [-0.39, 0.29) is 4.70 Å². The highest BCUT2D eigenvalue weighted by Crippen LogP contribution is 2.34. The molecule has 0 aliphatic carbocycles. The molecule has 0 bridgehead atoms. The van der Waals surface area contributed by atoms with Gasteiger partial charge in [-0.15, -0.1) is 0 Å². The van der Waals surface area contributed by atoms with Gasteiger partial charge in [-0.2, -0.15) is 0 Å². The van der Waals surface area contributed by atoms with E-state index in [2.05, 4.69) is 27.7 Å². The third kappa shape index (κ3) is 12.7. The summed E-state index contributed by atoms with van der Waals surface area (Å²) in [5.74, 6) is 0. The second-order valence-electron chi connectivity index (χ2n) is 7.33. The molecule has 0 nitrogen and oxygen atoms in total. The number of hydrogen-bond donors (Lipinski definition) is 0. The van der Waals surface area contributed by atoms with Crippen molar-refractivity contribution >= 4 is 8.07 Å². The van der Waals surface area contributed by atoms with Gasteiger partial charge in [0.25, 0.3) is 0 Å². The van der Waals surface area contributed by atoms with Crippen molar-refractivity contribution in [1.82, 2.24) is 0 Å². The second-order valence-corrected chi connectivity index (χ2v) is 12.3. The van der Waals surface area contributed by atoms with Crippen LogP contribution in [0.15, 0.2) is 0 Å². The minimum atomic E-state index is -0.944. The van der Waals surface area contributed by atoms with Crippen molar-refractivity contribution in [1.29, 1.82) is 0 Å². The van der Waals surface area contributed by atoms with E-state index in [4.69, 9.17) is 0 Å². The molecule has 0 amide bonds. The van der Waals surface area contributed by atoms with Crippen molar-refractivity contribution in [3.8, 4) is 0 Å². The minimum Gasteiger partial charge on any atom is -0.269 e. The van der Waals surface area contributed by atoms with Crippen LogP contribution in [0.25, 0.3) is 0 Å². The fourth-order valence-electron chi connectivity index (χ4n) is 3.75. The molecular formula is C20H45FSi. The van der Waals surface area contributed by atoms with Crippen molar-refractivity contribution in [2.75, 3.05) is 0 Å². The maximum absolute atomic E-state index is 2.36. The molecule has 0 heterocycles. The summed E-state index contributed by atoms with van der Waals surface area (Å²) < 4.78 is 0. The lowest BCUT2D eigenvalue weighted by Gasteiger charge is -2.33. The topological polar surface area (TPSA) is 0 Å². The Balaban J connectivity index is 0. The lowest BCUT2D eigenvalue weighted by molar-refractivity contribution is 0.693. The molecule has 0 aromatic heterocycles. The van der Waals surface area contributed by atoms with Crippen molar-refractivity contribution in [3.05, 3.63) is 0 Å². The lowest BCUT2D eigenvalue weighted by atomic mass is 10.3. The maximum Gasteiger partial charge on any atom is 0.0535 e. The quantitative estimate of drug-likeness (QED) is 0.197. The molecule has 136 valence electrons. The number of unbranched alkanes of at least 4 members (excludes halogenated alkanes) is 8. The molecule has 0 aromatic rings. The van der Waals surface area contributed by atoms with Crippen molar-refractivity contribution in [2.24, 2.45) is 0 Å². The molecule has 0 aliphatic heterocycles. The van der Waals surface area contributed by atoms with Gasteiger partial charge in [-0.05, 0) is 0 Å². The van der Waals surface area contributed by atoms with Gasteiger partial charge in [0.05, 0.1) is 8.07 Å². The van der Waals surface area contributed by atoms with Crippen molar-refractivity contribution < 1.29 is 4.70 Å². The Labute approximate surface area is 142 Å². The van der Waals surface area contributed by atoms with E-state index in [1.165, 1.54) is 77.0 Å². The van der Waals surface area contributed by atoms with Crippen LogP contribution in [0.2, 0.25) is 24.2 Å². The normalized spacial score (nSPS) is 11.5. The first-order chi connectivity index (χ1) is 10.2. The van der Waals surface area contributed by atoms with Crippen molar-refractivity contribution in [2.45, 2.75) is 129 Å². The van der Waals surface area contributed by atoms with Crippen LogP contribution < -0.4 is 0 Å².